The molecule has 0 unspecified atom stereocenters. The van der Waals surface area contributed by atoms with E-state index in [2.05, 4.69) is 21.3 Å². The predicted octanol–water partition coefficient (Wildman–Crippen LogP) is 6.36. The lowest BCUT2D eigenvalue weighted by molar-refractivity contribution is -0.166. The number of nitrogens with one attached hydrogen (secondary N) is 4. The van der Waals surface area contributed by atoms with E-state index in [1.54, 1.807) is 24.3 Å². The Kier molecular flexibility index (Phi) is 21.5. The lowest BCUT2D eigenvalue weighted by Gasteiger charge is -2.18. The van der Waals surface area contributed by atoms with Crippen molar-refractivity contribution < 1.29 is 53.8 Å². The first-order valence-corrected chi connectivity index (χ1v) is 22.7. The number of amides is 4. The Morgan fingerprint density at radius 1 is 0.652 bits per heavy atom. The van der Waals surface area contributed by atoms with Crippen LogP contribution in [0.3, 0.4) is 0 Å². The van der Waals surface area contributed by atoms with Crippen molar-refractivity contribution in [2.24, 2.45) is 0 Å². The summed E-state index contributed by atoms with van der Waals surface area (Å²) in [6.07, 6.45) is 7.31. The first kappa shape index (κ1) is 52.2. The number of unbranched alkanes of at least 4 members (excludes halogenated alkanes) is 7. The minimum Gasteiger partial charge on any atom is -0.508 e. The van der Waals surface area contributed by atoms with E-state index in [1.807, 2.05) is 0 Å². The number of nitrogens with zero attached hydrogens (tertiary/aromatic N) is 2. The highest BCUT2D eigenvalue weighted by atomic mass is 32.1. The van der Waals surface area contributed by atoms with Crippen LogP contribution in [-0.2, 0) is 24.0 Å². The molecule has 1 aliphatic carbocycles. The number of fused-ring (bicyclic) bond motifs is 2. The quantitative estimate of drug-likeness (QED) is 0.0101. The zero-order valence-corrected chi connectivity index (χ0v) is 38.0. The molecule has 8 N–H and O–H groups in total. The summed E-state index contributed by atoms with van der Waals surface area (Å²) in [4.78, 5) is 84.3. The zero-order chi connectivity index (χ0) is 48.0. The molecular formula is C47H60N6O12S. The fourth-order valence-electron chi connectivity index (χ4n) is 7.11. The van der Waals surface area contributed by atoms with Crippen LogP contribution in [0.1, 0.15) is 114 Å². The van der Waals surface area contributed by atoms with Gasteiger partial charge in [0.1, 0.15) is 22.9 Å². The second-order valence-electron chi connectivity index (χ2n) is 15.9. The van der Waals surface area contributed by atoms with Crippen molar-refractivity contribution >= 4 is 69.4 Å². The lowest BCUT2D eigenvalue weighted by atomic mass is 9.90. The maximum absolute atomic E-state index is 12.5. The minimum absolute atomic E-state index is 0.0281. The van der Waals surface area contributed by atoms with Crippen LogP contribution < -0.4 is 26.7 Å². The molecule has 0 radical (unpaired) electrons. The number of phenolic OH excluding ortho intramolecular Hbond substituents is 1. The summed E-state index contributed by atoms with van der Waals surface area (Å²) in [5.41, 5.74) is 1.82. The molecule has 18 nitrogen and oxygen atoms in total. The molecule has 356 valence electrons. The third kappa shape index (κ3) is 17.5. The van der Waals surface area contributed by atoms with Crippen LogP contribution in [0.15, 0.2) is 63.8 Å². The molecule has 0 aromatic heterocycles. The molecule has 0 saturated heterocycles. The smallest absolute Gasteiger partial charge is 0.336 e. The van der Waals surface area contributed by atoms with Gasteiger partial charge in [-0.2, -0.15) is 0 Å². The fraction of sp³-hybridized carbons (Fsp3) is 0.447. The summed E-state index contributed by atoms with van der Waals surface area (Å²) < 4.78 is 5.89. The molecule has 2 aromatic rings. The number of carbonyl (C=O) groups is 6. The van der Waals surface area contributed by atoms with Crippen LogP contribution in [-0.4, -0.2) is 104 Å². The van der Waals surface area contributed by atoms with Gasteiger partial charge in [0.05, 0.1) is 5.56 Å². The third-order valence-corrected chi connectivity index (χ3v) is 11.0. The van der Waals surface area contributed by atoms with E-state index >= 15 is 0 Å². The molecule has 0 bridgehead atoms. The Labute approximate surface area is 388 Å². The van der Waals surface area contributed by atoms with Crippen molar-refractivity contribution in [3.8, 4) is 28.2 Å². The minimum atomic E-state index is -1.19. The number of aromatic hydroxyl groups is 1. The summed E-state index contributed by atoms with van der Waals surface area (Å²) >= 11 is 5.43. The van der Waals surface area contributed by atoms with Gasteiger partial charge in [-0.3, -0.25) is 39.2 Å². The third-order valence-electron chi connectivity index (χ3n) is 10.7. The first-order valence-electron chi connectivity index (χ1n) is 22.3. The number of anilines is 1. The highest BCUT2D eigenvalue weighted by molar-refractivity contribution is 7.80. The lowest BCUT2D eigenvalue weighted by Crippen LogP contribution is -2.30. The van der Waals surface area contributed by atoms with Crippen molar-refractivity contribution in [3.05, 3.63) is 70.4 Å². The molecule has 4 rings (SSSR count). The van der Waals surface area contributed by atoms with E-state index in [9.17, 15) is 54.2 Å². The summed E-state index contributed by atoms with van der Waals surface area (Å²) in [5.74, 6) is -2.42. The molecule has 66 heavy (non-hydrogen) atoms. The average molecular weight is 933 g/mol. The number of aromatic carboxylic acids is 1. The van der Waals surface area contributed by atoms with Crippen molar-refractivity contribution in [3.63, 3.8) is 0 Å². The van der Waals surface area contributed by atoms with Gasteiger partial charge in [-0.25, -0.2) is 14.9 Å². The van der Waals surface area contributed by atoms with Crippen LogP contribution in [0.2, 0.25) is 0 Å². The number of carboxylic acid groups (broad SMARTS) is 1. The number of hydrogen-bond acceptors (Lipinski definition) is 12. The van der Waals surface area contributed by atoms with E-state index < -0.39 is 17.8 Å². The van der Waals surface area contributed by atoms with Crippen molar-refractivity contribution in [2.75, 3.05) is 38.0 Å². The van der Waals surface area contributed by atoms with E-state index in [4.69, 9.17) is 16.6 Å². The van der Waals surface area contributed by atoms with Gasteiger partial charge in [-0.1, -0.05) is 18.9 Å². The largest absolute Gasteiger partial charge is 0.508 e. The van der Waals surface area contributed by atoms with E-state index in [0.29, 0.717) is 102 Å². The number of carboxylic acids is 1. The SMILES string of the molecule is CC(=O)N(O)CCCCCNC(=O)CCC(=O)NCCCCCCC(=O)CCC(=O)N(O)CCCCCNC(=S)Nc1ccc(-c2c3ccc(=O)cc-3oc3cc(O)ccc23)c(C(=O)O)c1. The second kappa shape index (κ2) is 27.1. The van der Waals surface area contributed by atoms with Crippen molar-refractivity contribution in [1.82, 2.24) is 26.1 Å². The maximum atomic E-state index is 12.5. The summed E-state index contributed by atoms with van der Waals surface area (Å²) in [7, 11) is 0. The normalized spacial score (nSPS) is 11.0. The van der Waals surface area contributed by atoms with Gasteiger partial charge in [-0.15, -0.1) is 0 Å². The molecule has 1 heterocycles. The Hall–Kier alpha value is -6.44. The Morgan fingerprint density at radius 2 is 1.26 bits per heavy atom. The van der Waals surface area contributed by atoms with Crippen LogP contribution in [0.25, 0.3) is 33.4 Å². The van der Waals surface area contributed by atoms with Gasteiger partial charge >= 0.3 is 5.97 Å². The molecule has 2 aliphatic rings. The number of benzene rings is 3. The summed E-state index contributed by atoms with van der Waals surface area (Å²) in [6.45, 7) is 3.04. The van der Waals surface area contributed by atoms with Crippen LogP contribution in [0.5, 0.6) is 5.75 Å². The molecule has 0 atom stereocenters. The molecule has 0 fully saturated rings. The Bertz CT molecular complexity index is 2350. The highest BCUT2D eigenvalue weighted by Crippen LogP contribution is 2.42. The van der Waals surface area contributed by atoms with E-state index in [-0.39, 0.29) is 89.6 Å². The number of rotatable bonds is 28. The average Bonchev–Trinajstić information content (AvgIpc) is 3.28. The number of carbonyl (C=O) groups excluding carboxylic acids is 5. The predicted molar refractivity (Wildman–Crippen MR) is 250 cm³/mol. The van der Waals surface area contributed by atoms with Gasteiger partial charge in [0.2, 0.25) is 23.6 Å². The molecule has 0 spiro atoms. The fourth-order valence-corrected chi connectivity index (χ4v) is 7.33. The number of thiocarbonyl (C=S) groups is 1. The highest BCUT2D eigenvalue weighted by Gasteiger charge is 2.23. The first-order chi connectivity index (χ1) is 31.6. The maximum Gasteiger partial charge on any atom is 0.336 e. The van der Waals surface area contributed by atoms with Gasteiger partial charge < -0.3 is 35.9 Å². The molecular weight excluding hydrogens is 873 g/mol. The van der Waals surface area contributed by atoms with Gasteiger partial charge in [0, 0.05) is 106 Å². The van der Waals surface area contributed by atoms with Crippen molar-refractivity contribution in [2.45, 2.75) is 103 Å². The van der Waals surface area contributed by atoms with E-state index in [1.165, 1.54) is 37.3 Å². The Balaban J connectivity index is 1.03. The number of hydrogen-bond donors (Lipinski definition) is 8. The van der Waals surface area contributed by atoms with Gasteiger partial charge in [-0.05, 0) is 106 Å². The summed E-state index contributed by atoms with van der Waals surface area (Å²) in [6, 6.07) is 13.5. The second-order valence-corrected chi connectivity index (χ2v) is 16.4. The topological polar surface area (TPSA) is 268 Å². The number of phenols is 1. The van der Waals surface area contributed by atoms with Crippen LogP contribution >= 0.6 is 12.2 Å². The van der Waals surface area contributed by atoms with Crippen molar-refractivity contribution in [1.29, 1.82) is 0 Å². The zero-order valence-electron chi connectivity index (χ0n) is 37.2. The van der Waals surface area contributed by atoms with Crippen LogP contribution in [0.4, 0.5) is 5.69 Å². The number of Topliss-reactive ketones (excluding diaryl/α,β-unsaturated/α-hetero) is 1. The molecule has 1 aliphatic heterocycles. The molecule has 19 heteroatoms. The van der Waals surface area contributed by atoms with Gasteiger partial charge in [0.25, 0.3) is 0 Å². The van der Waals surface area contributed by atoms with Gasteiger partial charge in [0.15, 0.2) is 10.5 Å². The Morgan fingerprint density at radius 3 is 1.91 bits per heavy atom. The summed E-state index contributed by atoms with van der Waals surface area (Å²) in [5, 5.41) is 53.6. The molecule has 2 aromatic carbocycles. The van der Waals surface area contributed by atoms with E-state index in [0.717, 1.165) is 25.7 Å². The monoisotopic (exact) mass is 932 g/mol. The molecule has 4 amide bonds. The molecule has 0 saturated carbocycles. The standard InChI is InChI=1S/C47H60N6O12S/c1-31(54)52(63)26-10-4-8-24-49-43(59)21-20-42(58)48-23-7-3-2-6-12-33(55)16-22-44(60)53(64)27-11-5-9-25-50-47(66)51-32-13-17-36(39(28-32)46(61)62)45-37-18-14-34(56)29-40(37)65-41-30-35(57)15-19-38(41)45/h13-15,17-19,28-30,56,63-64H,2-12,16,20-27H2,1H3,(H,48,58)(H,49,59)(H,61,62)(H2,50,51,66). The number of hydroxylamine groups is 4. The number of ketones is 1. The van der Waals surface area contributed by atoms with Crippen LogP contribution in [0, 0.1) is 0 Å².